The van der Waals surface area contributed by atoms with Gasteiger partial charge in [-0.3, -0.25) is 9.45 Å². The highest BCUT2D eigenvalue weighted by molar-refractivity contribution is 7.85. The van der Waals surface area contributed by atoms with Gasteiger partial charge in [-0.25, -0.2) is 0 Å². The second kappa shape index (κ2) is 8.99. The second-order valence-corrected chi connectivity index (χ2v) is 7.18. The van der Waals surface area contributed by atoms with Crippen molar-refractivity contribution in [1.82, 2.24) is 4.90 Å². The van der Waals surface area contributed by atoms with Crippen LogP contribution in [0.25, 0.3) is 0 Å². The van der Waals surface area contributed by atoms with Gasteiger partial charge < -0.3 is 20.4 Å². The molecule has 0 bridgehead atoms. The van der Waals surface area contributed by atoms with E-state index >= 15 is 0 Å². The Labute approximate surface area is 125 Å². The van der Waals surface area contributed by atoms with Crippen molar-refractivity contribution in [2.24, 2.45) is 5.92 Å². The Balaban J connectivity index is 5.20. The molecule has 0 aliphatic carbocycles. The minimum absolute atomic E-state index is 0.0412. The minimum atomic E-state index is -4.22. The zero-order valence-corrected chi connectivity index (χ0v) is 13.3. The Morgan fingerprint density at radius 3 is 2.00 bits per heavy atom. The van der Waals surface area contributed by atoms with Crippen molar-refractivity contribution in [1.29, 1.82) is 0 Å². The molecule has 0 rings (SSSR count). The Kier molecular flexibility index (Phi) is 8.86. The van der Waals surface area contributed by atoms with Crippen molar-refractivity contribution < 1.29 is 33.4 Å². The monoisotopic (exact) mass is 329 g/mol. The standard InChI is InChI=1S/C12H27NO7S/c1-10(2)7-12(8-15,9-16)13(4-5-14)11(17)3-6-21(18,19)20/h10-11,14-17H,3-9H2,1-2H3,(H,18,19,20). The van der Waals surface area contributed by atoms with Crippen LogP contribution in [-0.2, 0) is 10.1 Å². The second-order valence-electron chi connectivity index (χ2n) is 5.61. The molecule has 0 aliphatic rings. The van der Waals surface area contributed by atoms with Crippen LogP contribution in [0.5, 0.6) is 0 Å². The van der Waals surface area contributed by atoms with Crippen LogP contribution in [0.3, 0.4) is 0 Å². The third kappa shape index (κ3) is 7.00. The summed E-state index contributed by atoms with van der Waals surface area (Å²) in [5.41, 5.74) is -1.17. The largest absolute Gasteiger partial charge is 0.395 e. The number of nitrogens with zero attached hydrogens (tertiary/aromatic N) is 1. The van der Waals surface area contributed by atoms with Crippen LogP contribution in [0.4, 0.5) is 0 Å². The molecular weight excluding hydrogens is 302 g/mol. The molecule has 1 unspecified atom stereocenters. The van der Waals surface area contributed by atoms with Gasteiger partial charge in [0.2, 0.25) is 0 Å². The van der Waals surface area contributed by atoms with Gasteiger partial charge in [0, 0.05) is 13.0 Å². The maximum atomic E-state index is 10.8. The maximum Gasteiger partial charge on any atom is 0.265 e. The number of β-amino-alcohol motifs (C(OH)–C–C–N with tert-alkyl or cyclic N) is 1. The van der Waals surface area contributed by atoms with Crippen molar-refractivity contribution >= 4 is 10.1 Å². The Morgan fingerprint density at radius 2 is 1.67 bits per heavy atom. The van der Waals surface area contributed by atoms with Crippen molar-refractivity contribution in [3.63, 3.8) is 0 Å². The van der Waals surface area contributed by atoms with Crippen molar-refractivity contribution in [3.8, 4) is 0 Å². The van der Waals surface area contributed by atoms with Crippen molar-refractivity contribution in [2.45, 2.75) is 38.5 Å². The van der Waals surface area contributed by atoms with Crippen LogP contribution in [0.2, 0.25) is 0 Å². The highest BCUT2D eigenvalue weighted by Gasteiger charge is 2.39. The van der Waals surface area contributed by atoms with Gasteiger partial charge in [0.05, 0.1) is 31.1 Å². The number of rotatable bonds is 11. The fourth-order valence-electron chi connectivity index (χ4n) is 2.46. The molecule has 128 valence electrons. The van der Waals surface area contributed by atoms with Crippen LogP contribution >= 0.6 is 0 Å². The summed E-state index contributed by atoms with van der Waals surface area (Å²) in [6, 6.07) is 0. The van der Waals surface area contributed by atoms with Gasteiger partial charge in [-0.1, -0.05) is 13.8 Å². The van der Waals surface area contributed by atoms with Gasteiger partial charge in [-0.2, -0.15) is 8.42 Å². The third-order valence-corrected chi connectivity index (χ3v) is 4.07. The third-order valence-electron chi connectivity index (χ3n) is 3.32. The number of aliphatic hydroxyl groups is 4. The quantitative estimate of drug-likeness (QED) is 0.231. The molecule has 0 fully saturated rings. The maximum absolute atomic E-state index is 10.8. The molecule has 0 spiro atoms. The summed E-state index contributed by atoms with van der Waals surface area (Å²) in [5.74, 6) is -0.552. The van der Waals surface area contributed by atoms with Gasteiger partial charge in [-0.15, -0.1) is 0 Å². The molecule has 8 nitrogen and oxygen atoms in total. The van der Waals surface area contributed by atoms with Crippen molar-refractivity contribution in [3.05, 3.63) is 0 Å². The first-order valence-electron chi connectivity index (χ1n) is 6.84. The Hall–Kier alpha value is -0.290. The van der Waals surface area contributed by atoms with Gasteiger partial charge in [0.15, 0.2) is 0 Å². The molecule has 5 N–H and O–H groups in total. The SMILES string of the molecule is CC(C)CC(CO)(CO)N(CCO)C(O)CCS(=O)(=O)O. The fraction of sp³-hybridized carbons (Fsp3) is 1.00. The molecule has 9 heteroatoms. The molecule has 21 heavy (non-hydrogen) atoms. The first kappa shape index (κ1) is 20.7. The van der Waals surface area contributed by atoms with Crippen LogP contribution < -0.4 is 0 Å². The lowest BCUT2D eigenvalue weighted by molar-refractivity contribution is -0.120. The molecule has 0 saturated heterocycles. The summed E-state index contributed by atoms with van der Waals surface area (Å²) in [4.78, 5) is 1.29. The summed E-state index contributed by atoms with van der Waals surface area (Å²) >= 11 is 0. The zero-order valence-electron chi connectivity index (χ0n) is 12.5. The topological polar surface area (TPSA) is 139 Å². The van der Waals surface area contributed by atoms with E-state index in [4.69, 9.17) is 9.66 Å². The molecule has 0 aliphatic heterocycles. The molecular formula is C12H27NO7S. The number of hydrogen-bond acceptors (Lipinski definition) is 7. The summed E-state index contributed by atoms with van der Waals surface area (Å²) in [6.45, 7) is 2.47. The normalized spacial score (nSPS) is 14.9. The van der Waals surface area contributed by atoms with Gasteiger partial charge in [-0.05, 0) is 12.3 Å². The van der Waals surface area contributed by atoms with E-state index in [9.17, 15) is 23.7 Å². The van der Waals surface area contributed by atoms with Gasteiger partial charge in [0.1, 0.15) is 6.23 Å². The van der Waals surface area contributed by atoms with E-state index in [1.54, 1.807) is 0 Å². The van der Waals surface area contributed by atoms with Crippen LogP contribution in [-0.4, -0.2) is 82.2 Å². The van der Waals surface area contributed by atoms with E-state index < -0.39 is 40.9 Å². The van der Waals surface area contributed by atoms with E-state index in [0.717, 1.165) is 0 Å². The first-order chi connectivity index (χ1) is 9.61. The van der Waals surface area contributed by atoms with E-state index in [2.05, 4.69) is 0 Å². The molecule has 0 aromatic rings. The number of hydrogen-bond donors (Lipinski definition) is 5. The molecule has 0 aromatic carbocycles. The predicted molar refractivity (Wildman–Crippen MR) is 77.2 cm³/mol. The molecule has 1 atom stereocenters. The van der Waals surface area contributed by atoms with Crippen molar-refractivity contribution in [2.75, 3.05) is 32.1 Å². The Bertz CT molecular complexity index is 381. The van der Waals surface area contributed by atoms with Gasteiger partial charge >= 0.3 is 0 Å². The van der Waals surface area contributed by atoms with E-state index in [0.29, 0.717) is 6.42 Å². The average molecular weight is 329 g/mol. The number of aliphatic hydroxyl groups excluding tert-OH is 4. The summed E-state index contributed by atoms with van der Waals surface area (Å²) in [7, 11) is -4.22. The molecule has 0 radical (unpaired) electrons. The fourth-order valence-corrected chi connectivity index (χ4v) is 2.97. The first-order valence-corrected chi connectivity index (χ1v) is 8.45. The van der Waals surface area contributed by atoms with E-state index in [1.165, 1.54) is 4.90 Å². The molecule has 0 amide bonds. The molecule has 0 saturated carbocycles. The highest BCUT2D eigenvalue weighted by atomic mass is 32.2. The lowest BCUT2D eigenvalue weighted by Gasteiger charge is -2.45. The van der Waals surface area contributed by atoms with Gasteiger partial charge in [0.25, 0.3) is 10.1 Å². The Morgan fingerprint density at radius 1 is 1.14 bits per heavy atom. The van der Waals surface area contributed by atoms with E-state index in [1.807, 2.05) is 13.8 Å². The smallest absolute Gasteiger partial charge is 0.265 e. The zero-order chi connectivity index (χ0) is 16.7. The van der Waals surface area contributed by atoms with Crippen LogP contribution in [0.1, 0.15) is 26.7 Å². The lowest BCUT2D eigenvalue weighted by Crippen LogP contribution is -2.60. The minimum Gasteiger partial charge on any atom is -0.395 e. The summed E-state index contributed by atoms with van der Waals surface area (Å²) in [6.07, 6.45) is -1.26. The highest BCUT2D eigenvalue weighted by Crippen LogP contribution is 2.26. The van der Waals surface area contributed by atoms with Crippen LogP contribution in [0.15, 0.2) is 0 Å². The summed E-state index contributed by atoms with van der Waals surface area (Å²) < 4.78 is 30.3. The molecule has 0 heterocycles. The van der Waals surface area contributed by atoms with E-state index in [-0.39, 0.29) is 25.5 Å². The van der Waals surface area contributed by atoms with Crippen LogP contribution in [0, 0.1) is 5.92 Å². The average Bonchev–Trinajstić information content (AvgIpc) is 2.38. The predicted octanol–water partition coefficient (Wildman–Crippen LogP) is -1.35. The molecule has 0 aromatic heterocycles. The lowest BCUT2D eigenvalue weighted by atomic mass is 9.87. The summed E-state index contributed by atoms with van der Waals surface area (Å²) in [5, 5.41) is 38.5.